The predicted octanol–water partition coefficient (Wildman–Crippen LogP) is 3.62. The topological polar surface area (TPSA) is 112 Å². The SMILES string of the molecule is Cn1c(=O)c(-c2c(F)ccc(NSN3CCCC3)c2F)cc2cnc(NCCCC(=O)O)nc21. The van der Waals surface area contributed by atoms with E-state index in [-0.39, 0.29) is 29.3 Å². The fourth-order valence-corrected chi connectivity index (χ4v) is 4.55. The highest BCUT2D eigenvalue weighted by Gasteiger charge is 2.21. The summed E-state index contributed by atoms with van der Waals surface area (Å²) in [5.74, 6) is -2.36. The number of hydrogen-bond acceptors (Lipinski definition) is 8. The van der Waals surface area contributed by atoms with Crippen LogP contribution in [0.2, 0.25) is 0 Å². The first-order valence-electron chi connectivity index (χ1n) is 10.8. The van der Waals surface area contributed by atoms with Crippen molar-refractivity contribution in [1.82, 2.24) is 18.8 Å². The van der Waals surface area contributed by atoms with Gasteiger partial charge in [-0.05, 0) is 37.5 Å². The molecule has 3 aromatic rings. The van der Waals surface area contributed by atoms with Crippen LogP contribution in [-0.4, -0.2) is 49.6 Å². The molecule has 1 aliphatic rings. The maximum absolute atomic E-state index is 15.3. The zero-order valence-corrected chi connectivity index (χ0v) is 19.3. The third-order valence-electron chi connectivity index (χ3n) is 5.51. The molecular formula is C22H24F2N6O3S. The molecule has 0 bridgehead atoms. The average Bonchev–Trinajstić information content (AvgIpc) is 3.33. The van der Waals surface area contributed by atoms with Gasteiger partial charge in [0.25, 0.3) is 5.56 Å². The molecule has 4 rings (SSSR count). The molecule has 1 aromatic carbocycles. The van der Waals surface area contributed by atoms with E-state index in [1.165, 1.54) is 42.1 Å². The first kappa shape index (κ1) is 23.9. The monoisotopic (exact) mass is 490 g/mol. The van der Waals surface area contributed by atoms with Gasteiger partial charge < -0.3 is 15.1 Å². The van der Waals surface area contributed by atoms with Crippen molar-refractivity contribution in [3.8, 4) is 11.1 Å². The molecule has 12 heteroatoms. The summed E-state index contributed by atoms with van der Waals surface area (Å²) in [5.41, 5.74) is -0.780. The van der Waals surface area contributed by atoms with Crippen LogP contribution < -0.4 is 15.6 Å². The smallest absolute Gasteiger partial charge is 0.303 e. The Bertz CT molecular complexity index is 1280. The standard InChI is InChI=1S/C22H24F2N6O3S/c1-29-20-13(12-26-22(27-20)25-8-4-5-17(31)32)11-14(21(29)33)18-15(23)6-7-16(19(18)24)28-34-30-9-2-3-10-30/h6-7,11-12,28H,2-5,8-10H2,1H3,(H,31,32)(H,25,26,27). The van der Waals surface area contributed by atoms with Crippen LogP contribution in [0.25, 0.3) is 22.2 Å². The summed E-state index contributed by atoms with van der Waals surface area (Å²) >= 11 is 1.26. The molecule has 1 fully saturated rings. The Balaban J connectivity index is 1.64. The largest absolute Gasteiger partial charge is 0.481 e. The summed E-state index contributed by atoms with van der Waals surface area (Å²) < 4.78 is 36.3. The Morgan fingerprint density at radius 3 is 2.76 bits per heavy atom. The van der Waals surface area contributed by atoms with Crippen LogP contribution in [0.4, 0.5) is 20.4 Å². The number of carboxylic acids is 1. The molecule has 2 aromatic heterocycles. The Kier molecular flexibility index (Phi) is 7.27. The minimum Gasteiger partial charge on any atom is -0.481 e. The lowest BCUT2D eigenvalue weighted by molar-refractivity contribution is -0.137. The van der Waals surface area contributed by atoms with E-state index in [4.69, 9.17) is 5.11 Å². The van der Waals surface area contributed by atoms with Gasteiger partial charge in [0.15, 0.2) is 5.82 Å². The normalized spacial score (nSPS) is 14.0. The number of anilines is 2. The maximum atomic E-state index is 15.3. The van der Waals surface area contributed by atoms with Gasteiger partial charge in [0.2, 0.25) is 5.95 Å². The van der Waals surface area contributed by atoms with Crippen LogP contribution >= 0.6 is 12.1 Å². The lowest BCUT2D eigenvalue weighted by Crippen LogP contribution is -2.21. The fourth-order valence-electron chi connectivity index (χ4n) is 3.72. The Labute approximate surface area is 198 Å². The van der Waals surface area contributed by atoms with Crippen LogP contribution in [0.5, 0.6) is 0 Å². The molecule has 180 valence electrons. The Hall–Kier alpha value is -3.25. The van der Waals surface area contributed by atoms with E-state index in [1.54, 1.807) is 0 Å². The highest BCUT2D eigenvalue weighted by atomic mass is 32.2. The molecule has 9 nitrogen and oxygen atoms in total. The van der Waals surface area contributed by atoms with Crippen molar-refractivity contribution in [2.24, 2.45) is 7.05 Å². The van der Waals surface area contributed by atoms with Crippen molar-refractivity contribution < 1.29 is 18.7 Å². The highest BCUT2D eigenvalue weighted by molar-refractivity contribution is 7.98. The molecule has 1 saturated heterocycles. The van der Waals surface area contributed by atoms with Crippen LogP contribution in [0.1, 0.15) is 25.7 Å². The zero-order valence-electron chi connectivity index (χ0n) is 18.5. The second-order valence-electron chi connectivity index (χ2n) is 7.93. The van der Waals surface area contributed by atoms with E-state index in [0.29, 0.717) is 18.4 Å². The van der Waals surface area contributed by atoms with E-state index in [2.05, 4.69) is 24.3 Å². The molecule has 0 radical (unpaired) electrons. The average molecular weight is 491 g/mol. The number of aryl methyl sites for hydroxylation is 1. The number of halogens is 2. The molecule has 0 saturated carbocycles. The van der Waals surface area contributed by atoms with E-state index in [0.717, 1.165) is 32.0 Å². The molecular weight excluding hydrogens is 466 g/mol. The van der Waals surface area contributed by atoms with Crippen LogP contribution in [0.15, 0.2) is 29.2 Å². The van der Waals surface area contributed by atoms with Crippen LogP contribution in [0.3, 0.4) is 0 Å². The number of rotatable bonds is 9. The van der Waals surface area contributed by atoms with Crippen LogP contribution in [-0.2, 0) is 11.8 Å². The predicted molar refractivity (Wildman–Crippen MR) is 128 cm³/mol. The van der Waals surface area contributed by atoms with Crippen molar-refractivity contribution >= 4 is 40.8 Å². The summed E-state index contributed by atoms with van der Waals surface area (Å²) in [6, 6.07) is 3.83. The van der Waals surface area contributed by atoms with Gasteiger partial charge in [-0.2, -0.15) is 4.98 Å². The molecule has 34 heavy (non-hydrogen) atoms. The molecule has 0 atom stereocenters. The van der Waals surface area contributed by atoms with Crippen molar-refractivity contribution in [1.29, 1.82) is 0 Å². The minimum atomic E-state index is -0.899. The number of hydrogen-bond donors (Lipinski definition) is 3. The summed E-state index contributed by atoms with van der Waals surface area (Å²) in [6.07, 6.45) is 3.98. The van der Waals surface area contributed by atoms with Gasteiger partial charge in [-0.15, -0.1) is 0 Å². The van der Waals surface area contributed by atoms with Crippen molar-refractivity contribution in [2.75, 3.05) is 29.7 Å². The summed E-state index contributed by atoms with van der Waals surface area (Å²) in [6.45, 7) is 2.11. The summed E-state index contributed by atoms with van der Waals surface area (Å²) in [7, 11) is 1.47. The third kappa shape index (κ3) is 5.12. The van der Waals surface area contributed by atoms with Crippen molar-refractivity contribution in [3.63, 3.8) is 0 Å². The molecule has 0 unspecified atom stereocenters. The number of nitrogens with zero attached hydrogens (tertiary/aromatic N) is 4. The number of nitrogens with one attached hydrogen (secondary N) is 2. The number of carbonyl (C=O) groups is 1. The number of aliphatic carboxylic acids is 1. The lowest BCUT2D eigenvalue weighted by Gasteiger charge is -2.16. The zero-order chi connectivity index (χ0) is 24.2. The molecule has 1 aliphatic heterocycles. The van der Waals surface area contributed by atoms with Gasteiger partial charge in [0.05, 0.1) is 16.8 Å². The number of carboxylic acid groups (broad SMARTS) is 1. The first-order valence-corrected chi connectivity index (χ1v) is 11.6. The van der Waals surface area contributed by atoms with E-state index < -0.39 is 28.7 Å². The lowest BCUT2D eigenvalue weighted by atomic mass is 10.0. The molecule has 0 spiro atoms. The van der Waals surface area contributed by atoms with E-state index in [1.807, 2.05) is 0 Å². The Morgan fingerprint density at radius 2 is 2.03 bits per heavy atom. The summed E-state index contributed by atoms with van der Waals surface area (Å²) in [5, 5.41) is 12.1. The number of aromatic nitrogens is 3. The number of fused-ring (bicyclic) bond motifs is 1. The Morgan fingerprint density at radius 1 is 1.26 bits per heavy atom. The second kappa shape index (κ2) is 10.3. The van der Waals surface area contributed by atoms with Crippen molar-refractivity contribution in [2.45, 2.75) is 25.7 Å². The second-order valence-corrected chi connectivity index (χ2v) is 8.84. The molecule has 3 heterocycles. The van der Waals surface area contributed by atoms with Crippen molar-refractivity contribution in [3.05, 3.63) is 46.4 Å². The molecule has 0 amide bonds. The number of pyridine rings is 1. The van der Waals surface area contributed by atoms with Crippen LogP contribution in [0, 0.1) is 11.6 Å². The van der Waals surface area contributed by atoms with Gasteiger partial charge in [0, 0.05) is 56.8 Å². The molecule has 0 aliphatic carbocycles. The third-order valence-corrected chi connectivity index (χ3v) is 6.44. The van der Waals surface area contributed by atoms with Gasteiger partial charge >= 0.3 is 5.97 Å². The van der Waals surface area contributed by atoms with Gasteiger partial charge in [-0.1, -0.05) is 0 Å². The van der Waals surface area contributed by atoms with E-state index >= 15 is 4.39 Å². The van der Waals surface area contributed by atoms with E-state index in [9.17, 15) is 14.0 Å². The van der Waals surface area contributed by atoms with Gasteiger partial charge in [0.1, 0.15) is 11.5 Å². The van der Waals surface area contributed by atoms with Gasteiger partial charge in [-0.25, -0.2) is 18.1 Å². The number of benzene rings is 1. The minimum absolute atomic E-state index is 0.00398. The highest BCUT2D eigenvalue weighted by Crippen LogP contribution is 2.32. The first-order chi connectivity index (χ1) is 16.3. The maximum Gasteiger partial charge on any atom is 0.303 e. The fraction of sp³-hybridized carbons (Fsp3) is 0.364. The van der Waals surface area contributed by atoms with Gasteiger partial charge in [-0.3, -0.25) is 14.2 Å². The quantitative estimate of drug-likeness (QED) is 0.306. The molecule has 3 N–H and O–H groups in total. The summed E-state index contributed by atoms with van der Waals surface area (Å²) in [4.78, 5) is 32.2.